The van der Waals surface area contributed by atoms with Crippen molar-refractivity contribution in [3.05, 3.63) is 54.1 Å². The number of anilines is 2. The fraction of sp³-hybridized carbons (Fsp3) is 0.350. The van der Waals surface area contributed by atoms with Crippen molar-refractivity contribution in [2.75, 3.05) is 23.8 Å². The van der Waals surface area contributed by atoms with Crippen molar-refractivity contribution >= 4 is 17.4 Å². The second-order valence-corrected chi connectivity index (χ2v) is 6.15. The zero-order valence-corrected chi connectivity index (χ0v) is 15.4. The lowest BCUT2D eigenvalue weighted by Crippen LogP contribution is -2.29. The Morgan fingerprint density at radius 1 is 1.16 bits per heavy atom. The molecule has 25 heavy (non-hydrogen) atoms. The first-order valence-corrected chi connectivity index (χ1v) is 8.60. The summed E-state index contributed by atoms with van der Waals surface area (Å²) in [5, 5.41) is 5.81. The molecule has 0 aliphatic carbocycles. The maximum Gasteiger partial charge on any atom is 0.319 e. The molecule has 2 aromatic carbocycles. The summed E-state index contributed by atoms with van der Waals surface area (Å²) in [6, 6.07) is 15.3. The number of ether oxygens (including phenoxy) is 1. The monoisotopic (exact) mass is 341 g/mol. The highest BCUT2D eigenvalue weighted by Crippen LogP contribution is 2.24. The number of hydrogen-bond acceptors (Lipinski definition) is 3. The van der Waals surface area contributed by atoms with E-state index >= 15 is 0 Å². The Hall–Kier alpha value is -2.69. The molecule has 0 aliphatic heterocycles. The van der Waals surface area contributed by atoms with E-state index in [1.165, 1.54) is 0 Å². The van der Waals surface area contributed by atoms with Crippen LogP contribution in [0.5, 0.6) is 5.75 Å². The highest BCUT2D eigenvalue weighted by atomic mass is 16.5. The third kappa shape index (κ3) is 5.71. The van der Waals surface area contributed by atoms with Gasteiger partial charge >= 0.3 is 6.03 Å². The number of carbonyl (C=O) groups excluding carboxylic acids is 1. The molecule has 5 heteroatoms. The fourth-order valence-corrected chi connectivity index (χ4v) is 2.43. The van der Waals surface area contributed by atoms with Gasteiger partial charge in [-0.3, -0.25) is 0 Å². The van der Waals surface area contributed by atoms with Crippen LogP contribution in [0.2, 0.25) is 0 Å². The Morgan fingerprint density at radius 3 is 2.64 bits per heavy atom. The van der Waals surface area contributed by atoms with E-state index in [1.807, 2.05) is 69.4 Å². The molecule has 0 fully saturated rings. The lowest BCUT2D eigenvalue weighted by atomic mass is 10.2. The number of amides is 2. The van der Waals surface area contributed by atoms with Gasteiger partial charge in [-0.05, 0) is 50.6 Å². The second kappa shape index (κ2) is 8.97. The lowest BCUT2D eigenvalue weighted by molar-refractivity contribution is 0.242. The molecule has 2 aromatic rings. The molecule has 0 bridgehead atoms. The quantitative estimate of drug-likeness (QED) is 0.791. The van der Waals surface area contributed by atoms with E-state index in [9.17, 15) is 4.79 Å². The number of rotatable bonds is 7. The molecular weight excluding hydrogens is 314 g/mol. The second-order valence-electron chi connectivity index (χ2n) is 6.15. The van der Waals surface area contributed by atoms with Gasteiger partial charge in [-0.15, -0.1) is 0 Å². The highest BCUT2D eigenvalue weighted by Gasteiger charge is 2.09. The molecule has 0 saturated heterocycles. The largest absolute Gasteiger partial charge is 0.491 e. The third-order valence-electron chi connectivity index (χ3n) is 3.76. The summed E-state index contributed by atoms with van der Waals surface area (Å²) in [6.45, 7) is 7.35. The molecule has 0 aromatic heterocycles. The van der Waals surface area contributed by atoms with Crippen LogP contribution in [0.15, 0.2) is 48.5 Å². The summed E-state index contributed by atoms with van der Waals surface area (Å²) in [5.74, 6) is 0.810. The van der Waals surface area contributed by atoms with Gasteiger partial charge in [-0.25, -0.2) is 4.79 Å². The van der Waals surface area contributed by atoms with Gasteiger partial charge in [0.25, 0.3) is 0 Å². The van der Waals surface area contributed by atoms with Gasteiger partial charge in [0.15, 0.2) is 0 Å². The molecule has 0 unspecified atom stereocenters. The Bertz CT molecular complexity index is 701. The number of nitrogens with one attached hydrogen (secondary N) is 2. The standard InChI is InChI=1S/C20H27N3O2/c1-5-23(4)19-12-7-6-11-18(19)22-20(24)21-14-16-9-8-10-17(13-16)25-15(2)3/h6-13,15H,5,14H2,1-4H3,(H2,21,22,24). The van der Waals surface area contributed by atoms with Crippen LogP contribution in [0.4, 0.5) is 16.2 Å². The third-order valence-corrected chi connectivity index (χ3v) is 3.76. The van der Waals surface area contributed by atoms with E-state index in [0.717, 1.165) is 29.2 Å². The zero-order valence-electron chi connectivity index (χ0n) is 15.4. The van der Waals surface area contributed by atoms with Gasteiger partial charge in [-0.2, -0.15) is 0 Å². The minimum absolute atomic E-state index is 0.124. The van der Waals surface area contributed by atoms with Gasteiger partial charge in [0.2, 0.25) is 0 Å². The number of hydrogen-bond donors (Lipinski definition) is 2. The van der Waals surface area contributed by atoms with Gasteiger partial charge in [-0.1, -0.05) is 24.3 Å². The van der Waals surface area contributed by atoms with Crippen LogP contribution in [0.1, 0.15) is 26.3 Å². The van der Waals surface area contributed by atoms with Gasteiger partial charge < -0.3 is 20.3 Å². The first-order valence-electron chi connectivity index (χ1n) is 8.60. The average molecular weight is 341 g/mol. The number of carbonyl (C=O) groups is 1. The van der Waals surface area contributed by atoms with Crippen molar-refractivity contribution in [3.8, 4) is 5.75 Å². The van der Waals surface area contributed by atoms with E-state index in [2.05, 4.69) is 22.5 Å². The summed E-state index contributed by atoms with van der Waals surface area (Å²) in [7, 11) is 2.00. The van der Waals surface area contributed by atoms with Crippen molar-refractivity contribution in [1.29, 1.82) is 0 Å². The number of benzene rings is 2. The Kier molecular flexibility index (Phi) is 6.69. The molecule has 0 saturated carbocycles. The zero-order chi connectivity index (χ0) is 18.2. The molecular formula is C20H27N3O2. The summed E-state index contributed by atoms with van der Waals surface area (Å²) >= 11 is 0. The van der Waals surface area contributed by atoms with E-state index in [0.29, 0.717) is 6.54 Å². The van der Waals surface area contributed by atoms with Crippen molar-refractivity contribution in [1.82, 2.24) is 5.32 Å². The molecule has 5 nitrogen and oxygen atoms in total. The smallest absolute Gasteiger partial charge is 0.319 e. The predicted octanol–water partition coefficient (Wildman–Crippen LogP) is 4.25. The maximum absolute atomic E-state index is 12.2. The van der Waals surface area contributed by atoms with Crippen molar-refractivity contribution < 1.29 is 9.53 Å². The SMILES string of the molecule is CCN(C)c1ccccc1NC(=O)NCc1cccc(OC(C)C)c1. The molecule has 134 valence electrons. The van der Waals surface area contributed by atoms with Gasteiger partial charge in [0, 0.05) is 20.1 Å². The number of urea groups is 1. The first kappa shape index (κ1) is 18.6. The molecule has 0 spiro atoms. The Morgan fingerprint density at radius 2 is 1.92 bits per heavy atom. The van der Waals surface area contributed by atoms with Crippen LogP contribution in [0, 0.1) is 0 Å². The average Bonchev–Trinajstić information content (AvgIpc) is 2.59. The summed E-state index contributed by atoms with van der Waals surface area (Å²) in [6.07, 6.45) is 0.124. The molecule has 0 radical (unpaired) electrons. The van der Waals surface area contributed by atoms with Crippen LogP contribution in [0.3, 0.4) is 0 Å². The highest BCUT2D eigenvalue weighted by molar-refractivity contribution is 5.93. The lowest BCUT2D eigenvalue weighted by Gasteiger charge is -2.21. The molecule has 0 heterocycles. The van der Waals surface area contributed by atoms with Crippen molar-refractivity contribution in [3.63, 3.8) is 0 Å². The Balaban J connectivity index is 1.96. The molecule has 2 N–H and O–H groups in total. The summed E-state index contributed by atoms with van der Waals surface area (Å²) in [5.41, 5.74) is 2.78. The molecule has 2 rings (SSSR count). The first-order chi connectivity index (χ1) is 12.0. The van der Waals surface area contributed by atoms with Crippen molar-refractivity contribution in [2.45, 2.75) is 33.4 Å². The van der Waals surface area contributed by atoms with Crippen LogP contribution in [-0.2, 0) is 6.54 Å². The van der Waals surface area contributed by atoms with Gasteiger partial charge in [0.05, 0.1) is 17.5 Å². The molecule has 0 atom stereocenters. The normalized spacial score (nSPS) is 10.4. The summed E-state index contributed by atoms with van der Waals surface area (Å²) < 4.78 is 5.68. The van der Waals surface area contributed by atoms with Crippen LogP contribution in [-0.4, -0.2) is 25.7 Å². The van der Waals surface area contributed by atoms with Gasteiger partial charge in [0.1, 0.15) is 5.75 Å². The molecule has 0 aliphatic rings. The van der Waals surface area contributed by atoms with Crippen LogP contribution < -0.4 is 20.3 Å². The van der Waals surface area contributed by atoms with E-state index in [-0.39, 0.29) is 12.1 Å². The van der Waals surface area contributed by atoms with Crippen LogP contribution >= 0.6 is 0 Å². The topological polar surface area (TPSA) is 53.6 Å². The van der Waals surface area contributed by atoms with Crippen molar-refractivity contribution in [2.24, 2.45) is 0 Å². The number of nitrogens with zero attached hydrogens (tertiary/aromatic N) is 1. The van der Waals surface area contributed by atoms with E-state index < -0.39 is 0 Å². The minimum Gasteiger partial charge on any atom is -0.491 e. The number of para-hydroxylation sites is 2. The molecule has 2 amide bonds. The van der Waals surface area contributed by atoms with E-state index in [1.54, 1.807) is 0 Å². The predicted molar refractivity (Wildman–Crippen MR) is 103 cm³/mol. The minimum atomic E-state index is -0.230. The van der Waals surface area contributed by atoms with E-state index in [4.69, 9.17) is 4.74 Å². The summed E-state index contributed by atoms with van der Waals surface area (Å²) in [4.78, 5) is 14.3. The maximum atomic E-state index is 12.2. The Labute approximate surface area is 150 Å². The fourth-order valence-electron chi connectivity index (χ4n) is 2.43. The van der Waals surface area contributed by atoms with Crippen LogP contribution in [0.25, 0.3) is 0 Å².